The van der Waals surface area contributed by atoms with Gasteiger partial charge in [0.15, 0.2) is 0 Å². The number of nitrogens with zero attached hydrogens (tertiary/aromatic N) is 3. The zero-order valence-corrected chi connectivity index (χ0v) is 18.9. The second kappa shape index (κ2) is 10.2. The van der Waals surface area contributed by atoms with Gasteiger partial charge >= 0.3 is 0 Å². The monoisotopic (exact) mass is 440 g/mol. The van der Waals surface area contributed by atoms with Gasteiger partial charge < -0.3 is 5.32 Å². The molecule has 0 atom stereocenters. The highest BCUT2D eigenvalue weighted by Crippen LogP contribution is 2.29. The number of benzene rings is 3. The van der Waals surface area contributed by atoms with Crippen molar-refractivity contribution in [1.29, 1.82) is 0 Å². The third-order valence-corrected chi connectivity index (χ3v) is 6.04. The van der Waals surface area contributed by atoms with Crippen LogP contribution in [-0.4, -0.2) is 26.8 Å². The van der Waals surface area contributed by atoms with Gasteiger partial charge in [-0.3, -0.25) is 4.79 Å². The molecule has 0 aliphatic heterocycles. The zero-order valence-electron chi connectivity index (χ0n) is 18.1. The van der Waals surface area contributed by atoms with Gasteiger partial charge in [0.25, 0.3) is 0 Å². The van der Waals surface area contributed by atoms with Crippen molar-refractivity contribution in [2.24, 2.45) is 0 Å². The Hall–Kier alpha value is -3.51. The minimum absolute atomic E-state index is 0.0247. The summed E-state index contributed by atoms with van der Waals surface area (Å²) in [6, 6.07) is 25.8. The third kappa shape index (κ3) is 5.21. The van der Waals surface area contributed by atoms with Crippen molar-refractivity contribution >= 4 is 23.4 Å². The molecule has 0 radical (unpaired) electrons. The van der Waals surface area contributed by atoms with Crippen LogP contribution in [0.5, 0.6) is 0 Å². The molecule has 0 fully saturated rings. The maximum absolute atomic E-state index is 12.4. The largest absolute Gasteiger partial charge is 0.326 e. The summed E-state index contributed by atoms with van der Waals surface area (Å²) in [5.41, 5.74) is 6.58. The molecule has 0 saturated carbocycles. The van der Waals surface area contributed by atoms with Crippen LogP contribution in [0.1, 0.15) is 17.5 Å². The Labute approximate surface area is 192 Å². The first-order valence-electron chi connectivity index (χ1n) is 10.5. The number of nitrogens with one attached hydrogen (secondary N) is 1. The summed E-state index contributed by atoms with van der Waals surface area (Å²) in [5, 5.41) is 12.4. The van der Waals surface area contributed by atoms with Gasteiger partial charge in [0.05, 0.1) is 0 Å². The van der Waals surface area contributed by atoms with Crippen LogP contribution in [0.2, 0.25) is 0 Å². The summed E-state index contributed by atoms with van der Waals surface area (Å²) in [7, 11) is 0. The molecular formula is C26H24N4OS. The molecule has 0 aliphatic rings. The first-order valence-corrected chi connectivity index (χ1v) is 11.4. The van der Waals surface area contributed by atoms with Crippen LogP contribution in [0.15, 0.2) is 84.0 Å². The lowest BCUT2D eigenvalue weighted by Gasteiger charge is -2.11. The van der Waals surface area contributed by atoms with E-state index in [0.29, 0.717) is 17.3 Å². The summed E-state index contributed by atoms with van der Waals surface area (Å²) in [6.07, 6.45) is 0.364. The molecular weight excluding hydrogens is 416 g/mol. The Morgan fingerprint density at radius 2 is 1.47 bits per heavy atom. The minimum atomic E-state index is -0.0247. The van der Waals surface area contributed by atoms with Crippen molar-refractivity contribution < 1.29 is 4.79 Å². The molecule has 0 saturated heterocycles. The highest BCUT2D eigenvalue weighted by atomic mass is 32.2. The third-order valence-electron chi connectivity index (χ3n) is 5.20. The van der Waals surface area contributed by atoms with Crippen LogP contribution in [0.3, 0.4) is 0 Å². The van der Waals surface area contributed by atoms with Crippen LogP contribution in [0.4, 0.5) is 5.69 Å². The molecule has 1 N–H and O–H groups in total. The van der Waals surface area contributed by atoms with Crippen LogP contribution >= 0.6 is 11.8 Å². The van der Waals surface area contributed by atoms with Crippen LogP contribution < -0.4 is 5.32 Å². The molecule has 32 heavy (non-hydrogen) atoms. The highest BCUT2D eigenvalue weighted by Gasteiger charge is 2.14. The molecule has 6 heteroatoms. The number of carbonyl (C=O) groups is 1. The number of hydrogen-bond donors (Lipinski definition) is 1. The van der Waals surface area contributed by atoms with Gasteiger partial charge in [0.2, 0.25) is 11.1 Å². The van der Waals surface area contributed by atoms with Crippen LogP contribution in [0, 0.1) is 13.8 Å². The zero-order chi connectivity index (χ0) is 22.3. The van der Waals surface area contributed by atoms with Gasteiger partial charge in [-0.15, -0.1) is 10.2 Å². The molecule has 0 bridgehead atoms. The first kappa shape index (κ1) is 21.7. The van der Waals surface area contributed by atoms with E-state index in [1.54, 1.807) is 0 Å². The van der Waals surface area contributed by atoms with E-state index in [9.17, 15) is 4.79 Å². The van der Waals surface area contributed by atoms with E-state index in [1.807, 2.05) is 92.7 Å². The summed E-state index contributed by atoms with van der Waals surface area (Å²) in [5.74, 6) is 0.542. The van der Waals surface area contributed by atoms with Gasteiger partial charge in [-0.1, -0.05) is 84.6 Å². The molecule has 0 aliphatic carbocycles. The molecule has 4 rings (SSSR count). The predicted octanol–water partition coefficient (Wildman–Crippen LogP) is 5.94. The molecule has 0 unspecified atom stereocenters. The lowest BCUT2D eigenvalue weighted by molar-refractivity contribution is -0.115. The molecule has 3 aromatic carbocycles. The van der Waals surface area contributed by atoms with Crippen molar-refractivity contribution in [3.63, 3.8) is 0 Å². The van der Waals surface area contributed by atoms with Crippen molar-refractivity contribution in [1.82, 2.24) is 15.2 Å². The maximum Gasteiger partial charge on any atom is 0.225 e. The molecule has 1 aromatic heterocycles. The standard InChI is InChI=1S/C26H24N4OS/c1-18-10-9-15-22(19(18)2)27-23(31)16-17-32-26-28-24(20-11-5-3-6-12-20)25(29-30-26)21-13-7-4-8-14-21/h3-15H,16-17H2,1-2H3,(H,27,31). The van der Waals surface area contributed by atoms with E-state index in [0.717, 1.165) is 39.3 Å². The number of thioether (sulfide) groups is 1. The topological polar surface area (TPSA) is 67.8 Å². The summed E-state index contributed by atoms with van der Waals surface area (Å²) >= 11 is 1.43. The lowest BCUT2D eigenvalue weighted by atomic mass is 10.0. The van der Waals surface area contributed by atoms with E-state index in [4.69, 9.17) is 4.98 Å². The van der Waals surface area contributed by atoms with Gasteiger partial charge in [0.1, 0.15) is 11.4 Å². The average molecular weight is 441 g/mol. The van der Waals surface area contributed by atoms with Gasteiger partial charge in [0, 0.05) is 29.0 Å². The average Bonchev–Trinajstić information content (AvgIpc) is 2.83. The Morgan fingerprint density at radius 1 is 0.812 bits per heavy atom. The van der Waals surface area contributed by atoms with E-state index >= 15 is 0 Å². The normalized spacial score (nSPS) is 10.7. The van der Waals surface area contributed by atoms with Crippen molar-refractivity contribution in [2.75, 3.05) is 11.1 Å². The first-order chi connectivity index (χ1) is 15.6. The van der Waals surface area contributed by atoms with E-state index in [1.165, 1.54) is 11.8 Å². The SMILES string of the molecule is Cc1cccc(NC(=O)CCSc2nnc(-c3ccccc3)c(-c3ccccc3)n2)c1C. The Balaban J connectivity index is 1.47. The van der Waals surface area contributed by atoms with Gasteiger partial charge in [-0.2, -0.15) is 0 Å². The summed E-state index contributed by atoms with van der Waals surface area (Å²) in [4.78, 5) is 17.2. The van der Waals surface area contributed by atoms with Crippen molar-refractivity contribution in [2.45, 2.75) is 25.4 Å². The molecule has 160 valence electrons. The molecule has 0 spiro atoms. The Bertz CT molecular complexity index is 1210. The lowest BCUT2D eigenvalue weighted by Crippen LogP contribution is -2.13. The highest BCUT2D eigenvalue weighted by molar-refractivity contribution is 7.99. The number of aromatic nitrogens is 3. The predicted molar refractivity (Wildman–Crippen MR) is 131 cm³/mol. The molecule has 1 heterocycles. The van der Waals surface area contributed by atoms with Crippen LogP contribution in [0.25, 0.3) is 22.5 Å². The number of rotatable bonds is 7. The van der Waals surface area contributed by atoms with Gasteiger partial charge in [-0.25, -0.2) is 4.98 Å². The van der Waals surface area contributed by atoms with E-state index in [-0.39, 0.29) is 5.91 Å². The maximum atomic E-state index is 12.4. The number of aryl methyl sites for hydroxylation is 1. The fraction of sp³-hybridized carbons (Fsp3) is 0.154. The number of anilines is 1. The van der Waals surface area contributed by atoms with Crippen LogP contribution in [-0.2, 0) is 4.79 Å². The fourth-order valence-corrected chi connectivity index (χ4v) is 4.02. The quantitative estimate of drug-likeness (QED) is 0.360. The van der Waals surface area contributed by atoms with Crippen molar-refractivity contribution in [3.8, 4) is 22.5 Å². The smallest absolute Gasteiger partial charge is 0.225 e. The number of carbonyl (C=O) groups excluding carboxylic acids is 1. The number of amides is 1. The number of hydrogen-bond acceptors (Lipinski definition) is 5. The Kier molecular flexibility index (Phi) is 6.92. The van der Waals surface area contributed by atoms with E-state index in [2.05, 4.69) is 15.5 Å². The van der Waals surface area contributed by atoms with Gasteiger partial charge in [-0.05, 0) is 31.0 Å². The second-order valence-electron chi connectivity index (χ2n) is 7.42. The van der Waals surface area contributed by atoms with E-state index < -0.39 is 0 Å². The second-order valence-corrected chi connectivity index (χ2v) is 8.48. The van der Waals surface area contributed by atoms with Crippen molar-refractivity contribution in [3.05, 3.63) is 90.0 Å². The molecule has 1 amide bonds. The molecule has 5 nitrogen and oxygen atoms in total. The Morgan fingerprint density at radius 3 is 2.16 bits per heavy atom. The summed E-state index contributed by atoms with van der Waals surface area (Å²) < 4.78 is 0. The summed E-state index contributed by atoms with van der Waals surface area (Å²) in [6.45, 7) is 4.05. The molecule has 4 aromatic rings. The minimum Gasteiger partial charge on any atom is -0.326 e. The fourth-order valence-electron chi connectivity index (χ4n) is 3.29.